The Morgan fingerprint density at radius 3 is 2.83 bits per heavy atom. The Morgan fingerprint density at radius 1 is 1.25 bits per heavy atom. The number of amides is 1. The number of hydrogen-bond acceptors (Lipinski definition) is 5. The molecule has 0 spiro atoms. The molecule has 2 aromatic rings. The number of rotatable bonds is 2. The van der Waals surface area contributed by atoms with Crippen LogP contribution < -0.4 is 9.47 Å². The average molecular weight is 328 g/mol. The lowest BCUT2D eigenvalue weighted by Crippen LogP contribution is -2.40. The molecule has 1 aromatic carbocycles. The predicted molar refractivity (Wildman–Crippen MR) is 86.1 cm³/mol. The van der Waals surface area contributed by atoms with E-state index in [1.165, 1.54) is 0 Å². The third-order valence-electron chi connectivity index (χ3n) is 4.47. The molecular formula is C17H20N4O3. The van der Waals surface area contributed by atoms with Gasteiger partial charge in [-0.25, -0.2) is 0 Å². The maximum Gasteiger partial charge on any atom is 0.254 e. The van der Waals surface area contributed by atoms with E-state index in [0.717, 1.165) is 11.6 Å². The highest BCUT2D eigenvalue weighted by atomic mass is 16.7. The van der Waals surface area contributed by atoms with E-state index in [4.69, 9.17) is 9.47 Å². The van der Waals surface area contributed by atoms with Crippen molar-refractivity contribution in [3.63, 3.8) is 0 Å². The van der Waals surface area contributed by atoms with Crippen LogP contribution >= 0.6 is 0 Å². The van der Waals surface area contributed by atoms with Gasteiger partial charge in [0.2, 0.25) is 6.79 Å². The smallest absolute Gasteiger partial charge is 0.254 e. The van der Waals surface area contributed by atoms with Gasteiger partial charge >= 0.3 is 0 Å². The van der Waals surface area contributed by atoms with Crippen molar-refractivity contribution < 1.29 is 14.3 Å². The van der Waals surface area contributed by atoms with Gasteiger partial charge in [0, 0.05) is 18.0 Å². The topological polar surface area (TPSA) is 69.5 Å². The lowest BCUT2D eigenvalue weighted by atomic mass is 10.1. The van der Waals surface area contributed by atoms with Crippen LogP contribution in [0.1, 0.15) is 54.7 Å². The largest absolute Gasteiger partial charge is 0.454 e. The average Bonchev–Trinajstić information content (AvgIpc) is 3.19. The Morgan fingerprint density at radius 2 is 2.04 bits per heavy atom. The molecule has 24 heavy (non-hydrogen) atoms. The molecule has 0 unspecified atom stereocenters. The van der Waals surface area contributed by atoms with Crippen LogP contribution in [0.3, 0.4) is 0 Å². The molecule has 1 amide bonds. The lowest BCUT2D eigenvalue weighted by molar-refractivity contribution is 0.0679. The summed E-state index contributed by atoms with van der Waals surface area (Å²) in [5.74, 6) is 3.40. The maximum atomic E-state index is 12.9. The van der Waals surface area contributed by atoms with Gasteiger partial charge in [-0.05, 0) is 25.1 Å². The first-order valence-electron chi connectivity index (χ1n) is 8.17. The van der Waals surface area contributed by atoms with Gasteiger partial charge in [0.25, 0.3) is 5.91 Å². The summed E-state index contributed by atoms with van der Waals surface area (Å²) in [5.41, 5.74) is 0.600. The Balaban J connectivity index is 1.60. The first-order chi connectivity index (χ1) is 11.5. The Hall–Kier alpha value is -2.57. The van der Waals surface area contributed by atoms with E-state index in [1.54, 1.807) is 18.2 Å². The zero-order chi connectivity index (χ0) is 16.8. The van der Waals surface area contributed by atoms with Crippen molar-refractivity contribution in [2.24, 2.45) is 0 Å². The molecule has 7 heteroatoms. The number of ether oxygens (including phenoxy) is 2. The third kappa shape index (κ3) is 2.31. The molecule has 0 bridgehead atoms. The number of carbonyl (C=O) groups excluding carboxylic acids is 1. The SMILES string of the molecule is CC(C)c1nnc2n1[C@@H](C)CN(C(=O)c1ccc3c(c1)OCO3)C2. The Labute approximate surface area is 140 Å². The molecule has 4 rings (SSSR count). The van der Waals surface area contributed by atoms with Gasteiger partial charge in [0.1, 0.15) is 5.82 Å². The van der Waals surface area contributed by atoms with E-state index in [2.05, 4.69) is 35.5 Å². The minimum atomic E-state index is -0.0273. The number of aromatic nitrogens is 3. The number of carbonyl (C=O) groups is 1. The summed E-state index contributed by atoms with van der Waals surface area (Å²) in [6.45, 7) is 7.62. The van der Waals surface area contributed by atoms with Crippen LogP contribution in [0.5, 0.6) is 11.5 Å². The molecule has 2 aliphatic rings. The molecule has 7 nitrogen and oxygen atoms in total. The van der Waals surface area contributed by atoms with Gasteiger partial charge in [-0.2, -0.15) is 0 Å². The molecule has 0 fully saturated rings. The highest BCUT2D eigenvalue weighted by Gasteiger charge is 2.30. The fourth-order valence-electron chi connectivity index (χ4n) is 3.32. The second-order valence-corrected chi connectivity index (χ2v) is 6.60. The van der Waals surface area contributed by atoms with Crippen LogP contribution in [0.2, 0.25) is 0 Å². The molecule has 2 aliphatic heterocycles. The fraction of sp³-hybridized carbons (Fsp3) is 0.471. The molecule has 0 radical (unpaired) electrons. The van der Waals surface area contributed by atoms with Crippen molar-refractivity contribution in [2.75, 3.05) is 13.3 Å². The van der Waals surface area contributed by atoms with E-state index >= 15 is 0 Å². The number of hydrogen-bond donors (Lipinski definition) is 0. The number of fused-ring (bicyclic) bond motifs is 2. The van der Waals surface area contributed by atoms with Crippen molar-refractivity contribution >= 4 is 5.91 Å². The number of nitrogens with zero attached hydrogens (tertiary/aromatic N) is 4. The van der Waals surface area contributed by atoms with E-state index < -0.39 is 0 Å². The second kappa shape index (κ2) is 5.51. The monoisotopic (exact) mass is 328 g/mol. The van der Waals surface area contributed by atoms with Crippen LogP contribution in [0.25, 0.3) is 0 Å². The highest BCUT2D eigenvalue weighted by molar-refractivity contribution is 5.95. The summed E-state index contributed by atoms with van der Waals surface area (Å²) in [6.07, 6.45) is 0. The molecule has 0 saturated carbocycles. The second-order valence-electron chi connectivity index (χ2n) is 6.60. The van der Waals surface area contributed by atoms with Crippen molar-refractivity contribution in [1.82, 2.24) is 19.7 Å². The molecule has 1 aromatic heterocycles. The van der Waals surface area contributed by atoms with Gasteiger partial charge in [-0.15, -0.1) is 10.2 Å². The summed E-state index contributed by atoms with van der Waals surface area (Å²) in [5, 5.41) is 8.59. The molecule has 0 N–H and O–H groups in total. The number of benzene rings is 1. The highest BCUT2D eigenvalue weighted by Crippen LogP contribution is 2.33. The van der Waals surface area contributed by atoms with Gasteiger partial charge in [0.15, 0.2) is 17.3 Å². The van der Waals surface area contributed by atoms with Gasteiger partial charge in [-0.3, -0.25) is 4.79 Å². The molecule has 126 valence electrons. The van der Waals surface area contributed by atoms with Crippen LogP contribution in [0.4, 0.5) is 0 Å². The van der Waals surface area contributed by atoms with Gasteiger partial charge in [0.05, 0.1) is 12.6 Å². The van der Waals surface area contributed by atoms with E-state index in [9.17, 15) is 4.79 Å². The van der Waals surface area contributed by atoms with Crippen LogP contribution in [-0.4, -0.2) is 38.9 Å². The lowest BCUT2D eigenvalue weighted by Gasteiger charge is -2.33. The van der Waals surface area contributed by atoms with E-state index in [-0.39, 0.29) is 18.7 Å². The predicted octanol–water partition coefficient (Wildman–Crippen LogP) is 2.35. The molecular weight excluding hydrogens is 308 g/mol. The normalized spacial score (nSPS) is 18.8. The molecule has 3 heterocycles. The van der Waals surface area contributed by atoms with E-state index in [0.29, 0.717) is 36.1 Å². The van der Waals surface area contributed by atoms with Crippen LogP contribution in [-0.2, 0) is 6.54 Å². The Kier molecular flexibility index (Phi) is 3.44. The maximum absolute atomic E-state index is 12.9. The van der Waals surface area contributed by atoms with E-state index in [1.807, 2.05) is 4.90 Å². The van der Waals surface area contributed by atoms with Crippen LogP contribution in [0, 0.1) is 0 Å². The zero-order valence-electron chi connectivity index (χ0n) is 14.0. The summed E-state index contributed by atoms with van der Waals surface area (Å²) in [4.78, 5) is 14.7. The van der Waals surface area contributed by atoms with Crippen molar-refractivity contribution in [3.05, 3.63) is 35.4 Å². The van der Waals surface area contributed by atoms with Crippen molar-refractivity contribution in [2.45, 2.75) is 39.3 Å². The summed E-state index contributed by atoms with van der Waals surface area (Å²) >= 11 is 0. The van der Waals surface area contributed by atoms with Crippen molar-refractivity contribution in [3.8, 4) is 11.5 Å². The Bertz CT molecular complexity index is 799. The van der Waals surface area contributed by atoms with Gasteiger partial charge in [-0.1, -0.05) is 13.8 Å². The summed E-state index contributed by atoms with van der Waals surface area (Å²) in [7, 11) is 0. The zero-order valence-corrected chi connectivity index (χ0v) is 14.0. The molecule has 1 atom stereocenters. The standard InChI is InChI=1S/C17H20N4O3/c1-10(2)16-19-18-15-8-20(7-11(3)21(15)16)17(22)12-4-5-13-14(6-12)24-9-23-13/h4-6,10-11H,7-9H2,1-3H3/t11-/m0/s1. The minimum Gasteiger partial charge on any atom is -0.454 e. The van der Waals surface area contributed by atoms with Gasteiger partial charge < -0.3 is 18.9 Å². The minimum absolute atomic E-state index is 0.0273. The molecule has 0 saturated heterocycles. The quantitative estimate of drug-likeness (QED) is 0.846. The van der Waals surface area contributed by atoms with Crippen LogP contribution in [0.15, 0.2) is 18.2 Å². The first kappa shape index (κ1) is 15.0. The summed E-state index contributed by atoms with van der Waals surface area (Å²) < 4.78 is 12.8. The first-order valence-corrected chi connectivity index (χ1v) is 8.17. The van der Waals surface area contributed by atoms with Crippen molar-refractivity contribution in [1.29, 1.82) is 0 Å². The summed E-state index contributed by atoms with van der Waals surface area (Å²) in [6, 6.07) is 5.45. The third-order valence-corrected chi connectivity index (χ3v) is 4.47. The molecule has 0 aliphatic carbocycles. The fourth-order valence-corrected chi connectivity index (χ4v) is 3.32.